The van der Waals surface area contributed by atoms with Crippen molar-refractivity contribution in [1.82, 2.24) is 26.1 Å². The molecule has 3 aliphatic rings. The Hall–Kier alpha value is -1.96. The number of nitrogens with zero attached hydrogens (tertiary/aromatic N) is 2. The number of hydrogen-bond acceptors (Lipinski definition) is 7. The van der Waals surface area contributed by atoms with Crippen LogP contribution >= 0.6 is 0 Å². The van der Waals surface area contributed by atoms with Crippen molar-refractivity contribution in [1.29, 1.82) is 0 Å². The molecule has 3 rings (SSSR count). The van der Waals surface area contributed by atoms with E-state index in [9.17, 15) is 22.8 Å². The van der Waals surface area contributed by atoms with Gasteiger partial charge in [-0.15, -0.1) is 4.28 Å². The standard InChI is InChI=1S/C13H21N5O7S/c19-11(9-3-1-2-6-14-9)15-16-12(20)10-5-4-8-7-17(10)13(21)18(8)25-26(22,23)24/h8-10,14H,1-7H2,(H,15,19)(H,16,20)(H,22,23,24)/t8-,9+,10-/m1/s1. The zero-order valence-corrected chi connectivity index (χ0v) is 14.7. The Morgan fingerprint density at radius 3 is 2.54 bits per heavy atom. The maximum absolute atomic E-state index is 12.3. The second-order valence-corrected chi connectivity index (χ2v) is 7.50. The van der Waals surface area contributed by atoms with Crippen molar-refractivity contribution in [2.75, 3.05) is 13.1 Å². The number of rotatable bonds is 4. The smallest absolute Gasteiger partial charge is 0.309 e. The molecule has 0 saturated carbocycles. The lowest BCUT2D eigenvalue weighted by atomic mass is 10.0. The van der Waals surface area contributed by atoms with E-state index in [-0.39, 0.29) is 24.9 Å². The van der Waals surface area contributed by atoms with Crippen LogP contribution in [0.1, 0.15) is 32.1 Å². The molecule has 3 saturated heterocycles. The maximum Gasteiger partial charge on any atom is 0.418 e. The Labute approximate surface area is 150 Å². The van der Waals surface area contributed by atoms with Crippen LogP contribution in [0.15, 0.2) is 0 Å². The maximum atomic E-state index is 12.3. The summed E-state index contributed by atoms with van der Waals surface area (Å²) in [7, 11) is -4.84. The van der Waals surface area contributed by atoms with E-state index in [0.29, 0.717) is 17.9 Å². The van der Waals surface area contributed by atoms with Crippen molar-refractivity contribution in [3.63, 3.8) is 0 Å². The number of carbonyl (C=O) groups excluding carboxylic acids is 3. The molecule has 4 amide bonds. The Kier molecular flexibility index (Phi) is 5.32. The molecule has 3 atom stereocenters. The molecular formula is C13H21N5O7S. The van der Waals surface area contributed by atoms with Gasteiger partial charge in [0.25, 0.3) is 11.8 Å². The molecule has 3 aliphatic heterocycles. The number of piperidine rings is 2. The molecule has 3 fully saturated rings. The van der Waals surface area contributed by atoms with Crippen LogP contribution in [-0.4, -0.2) is 72.0 Å². The summed E-state index contributed by atoms with van der Waals surface area (Å²) >= 11 is 0. The molecule has 0 aromatic heterocycles. The van der Waals surface area contributed by atoms with Gasteiger partial charge < -0.3 is 10.2 Å². The quantitative estimate of drug-likeness (QED) is 0.325. The first-order valence-corrected chi connectivity index (χ1v) is 9.73. The lowest BCUT2D eigenvalue weighted by Crippen LogP contribution is -2.57. The largest absolute Gasteiger partial charge is 0.418 e. The monoisotopic (exact) mass is 391 g/mol. The molecular weight excluding hydrogens is 370 g/mol. The van der Waals surface area contributed by atoms with Gasteiger partial charge in [0, 0.05) is 6.54 Å². The van der Waals surface area contributed by atoms with Gasteiger partial charge in [-0.05, 0) is 32.2 Å². The van der Waals surface area contributed by atoms with E-state index in [1.165, 1.54) is 0 Å². The molecule has 3 heterocycles. The van der Waals surface area contributed by atoms with Crippen LogP contribution in [0.3, 0.4) is 0 Å². The van der Waals surface area contributed by atoms with Gasteiger partial charge in [-0.25, -0.2) is 4.79 Å². The third-order valence-corrected chi connectivity index (χ3v) is 5.08. The molecule has 0 spiro atoms. The van der Waals surface area contributed by atoms with E-state index in [0.717, 1.165) is 24.3 Å². The van der Waals surface area contributed by atoms with Gasteiger partial charge in [-0.1, -0.05) is 6.42 Å². The summed E-state index contributed by atoms with van der Waals surface area (Å²) in [5.41, 5.74) is 4.67. The Balaban J connectivity index is 1.56. The average Bonchev–Trinajstić information content (AvgIpc) is 2.84. The molecule has 0 aliphatic carbocycles. The minimum atomic E-state index is -4.84. The predicted octanol–water partition coefficient (Wildman–Crippen LogP) is -1.72. The van der Waals surface area contributed by atoms with Gasteiger partial charge in [0.2, 0.25) is 0 Å². The van der Waals surface area contributed by atoms with Crippen LogP contribution in [0.5, 0.6) is 0 Å². The van der Waals surface area contributed by atoms with E-state index in [1.54, 1.807) is 0 Å². The lowest BCUT2D eigenvalue weighted by molar-refractivity contribution is -0.133. The average molecular weight is 391 g/mol. The number of hydrazine groups is 1. The molecule has 0 aromatic rings. The highest BCUT2D eigenvalue weighted by Gasteiger charge is 2.49. The second kappa shape index (κ2) is 7.34. The number of amides is 4. The molecule has 0 unspecified atom stereocenters. The number of hydroxylamine groups is 2. The van der Waals surface area contributed by atoms with Gasteiger partial charge in [-0.3, -0.25) is 25.0 Å². The minimum Gasteiger partial charge on any atom is -0.309 e. The first-order chi connectivity index (χ1) is 12.3. The van der Waals surface area contributed by atoms with Crippen LogP contribution in [-0.2, 0) is 24.3 Å². The number of urea groups is 1. The number of nitrogens with one attached hydrogen (secondary N) is 3. The zero-order chi connectivity index (χ0) is 18.9. The Morgan fingerprint density at radius 1 is 1.15 bits per heavy atom. The van der Waals surface area contributed by atoms with Gasteiger partial charge in [0.1, 0.15) is 6.04 Å². The molecule has 13 heteroatoms. The molecule has 26 heavy (non-hydrogen) atoms. The summed E-state index contributed by atoms with van der Waals surface area (Å²) in [6, 6.07) is -2.64. The summed E-state index contributed by atoms with van der Waals surface area (Å²) in [6.45, 7) is 0.826. The highest BCUT2D eigenvalue weighted by molar-refractivity contribution is 7.80. The predicted molar refractivity (Wildman–Crippen MR) is 85.3 cm³/mol. The van der Waals surface area contributed by atoms with Crippen LogP contribution in [0.25, 0.3) is 0 Å². The number of carbonyl (C=O) groups is 3. The van der Waals surface area contributed by atoms with Crippen LogP contribution in [0.2, 0.25) is 0 Å². The van der Waals surface area contributed by atoms with Crippen molar-refractivity contribution in [2.24, 2.45) is 0 Å². The van der Waals surface area contributed by atoms with Gasteiger partial charge in [-0.2, -0.15) is 13.5 Å². The third kappa shape index (κ3) is 4.06. The van der Waals surface area contributed by atoms with Gasteiger partial charge in [0.15, 0.2) is 0 Å². The van der Waals surface area contributed by atoms with Crippen molar-refractivity contribution >= 4 is 28.2 Å². The lowest BCUT2D eigenvalue weighted by Gasteiger charge is -2.29. The van der Waals surface area contributed by atoms with Crippen LogP contribution in [0.4, 0.5) is 4.79 Å². The SMILES string of the molecule is O=C(NNC(=O)[C@H]1CC[C@@H]2CN1C(=O)N2OS(=O)(=O)O)[C@@H]1CCCCN1. The summed E-state index contributed by atoms with van der Waals surface area (Å²) in [4.78, 5) is 37.8. The number of hydrogen-bond donors (Lipinski definition) is 4. The van der Waals surface area contributed by atoms with E-state index < -0.39 is 34.4 Å². The molecule has 0 aromatic carbocycles. The fourth-order valence-corrected chi connectivity index (χ4v) is 3.86. The van der Waals surface area contributed by atoms with Crippen LogP contribution in [0, 0.1) is 0 Å². The topological polar surface area (TPSA) is 157 Å². The fraction of sp³-hybridized carbons (Fsp3) is 0.769. The second-order valence-electron chi connectivity index (χ2n) is 6.49. The Bertz CT molecular complexity index is 693. The molecule has 12 nitrogen and oxygen atoms in total. The van der Waals surface area contributed by atoms with E-state index >= 15 is 0 Å². The molecule has 2 bridgehead atoms. The van der Waals surface area contributed by atoms with Crippen molar-refractivity contribution in [2.45, 2.75) is 50.2 Å². The van der Waals surface area contributed by atoms with Crippen molar-refractivity contribution in [3.8, 4) is 0 Å². The van der Waals surface area contributed by atoms with E-state index in [4.69, 9.17) is 4.55 Å². The summed E-state index contributed by atoms with van der Waals surface area (Å²) in [5, 5.41) is 3.61. The summed E-state index contributed by atoms with van der Waals surface area (Å²) in [6.07, 6.45) is 3.19. The van der Waals surface area contributed by atoms with Crippen molar-refractivity contribution in [3.05, 3.63) is 0 Å². The highest BCUT2D eigenvalue weighted by Crippen LogP contribution is 2.30. The highest BCUT2D eigenvalue weighted by atomic mass is 32.3. The minimum absolute atomic E-state index is 0.0879. The normalized spacial score (nSPS) is 28.8. The van der Waals surface area contributed by atoms with Crippen molar-refractivity contribution < 1.29 is 31.6 Å². The molecule has 0 radical (unpaired) electrons. The van der Waals surface area contributed by atoms with Gasteiger partial charge >= 0.3 is 16.4 Å². The van der Waals surface area contributed by atoms with Crippen LogP contribution < -0.4 is 16.2 Å². The van der Waals surface area contributed by atoms with E-state index in [2.05, 4.69) is 20.5 Å². The van der Waals surface area contributed by atoms with E-state index in [1.807, 2.05) is 0 Å². The first-order valence-electron chi connectivity index (χ1n) is 8.36. The fourth-order valence-electron chi connectivity index (χ4n) is 3.47. The first kappa shape index (κ1) is 18.8. The molecule has 4 N–H and O–H groups in total. The number of fused-ring (bicyclic) bond motifs is 2. The zero-order valence-electron chi connectivity index (χ0n) is 13.9. The van der Waals surface area contributed by atoms with Gasteiger partial charge in [0.05, 0.1) is 12.1 Å². The summed E-state index contributed by atoms with van der Waals surface area (Å²) in [5.74, 6) is -0.925. The third-order valence-electron chi connectivity index (χ3n) is 4.74. The Morgan fingerprint density at radius 2 is 1.88 bits per heavy atom. The summed E-state index contributed by atoms with van der Waals surface area (Å²) < 4.78 is 34.8. The molecule has 146 valence electrons.